The predicted octanol–water partition coefficient (Wildman–Crippen LogP) is 5.12. The number of nitrogens with two attached hydrogens (primary N) is 3. The molecule has 37 heavy (non-hydrogen) atoms. The maximum absolute atomic E-state index is 11.3. The number of primary amides is 1. The van der Waals surface area contributed by atoms with Crippen LogP contribution in [0.15, 0.2) is 94.2 Å². The topological polar surface area (TPSA) is 171 Å². The maximum Gasteiger partial charge on any atom is 0.292 e. The lowest BCUT2D eigenvalue weighted by molar-refractivity contribution is 0.100. The normalized spacial score (nSPS) is 10.6. The van der Waals surface area contributed by atoms with Gasteiger partial charge in [-0.05, 0) is 45.8 Å². The van der Waals surface area contributed by atoms with Crippen LogP contribution in [0.4, 0.5) is 12.0 Å². The molecule has 6 N–H and O–H groups in total. The Labute approximate surface area is 210 Å². The second kappa shape index (κ2) is 9.56. The van der Waals surface area contributed by atoms with Crippen molar-refractivity contribution in [3.63, 3.8) is 0 Å². The molecule has 180 valence electrons. The highest BCUT2D eigenvalue weighted by atomic mass is 16.4. The fourth-order valence-electron chi connectivity index (χ4n) is 4.04. The Morgan fingerprint density at radius 2 is 1.30 bits per heavy atom. The number of nitrogen functional groups attached to an aromatic ring is 2. The third-order valence-corrected chi connectivity index (χ3v) is 5.77. The van der Waals surface area contributed by atoms with E-state index >= 15 is 0 Å². The summed E-state index contributed by atoms with van der Waals surface area (Å²) >= 11 is 0. The summed E-state index contributed by atoms with van der Waals surface area (Å²) in [6.07, 6.45) is 3.00. The van der Waals surface area contributed by atoms with E-state index in [0.29, 0.717) is 22.5 Å². The van der Waals surface area contributed by atoms with Gasteiger partial charge in [-0.15, -0.1) is 0 Å². The van der Waals surface area contributed by atoms with Gasteiger partial charge in [0.1, 0.15) is 23.9 Å². The minimum Gasteiger partial charge on any atom is -0.432 e. The minimum absolute atomic E-state index is 0.109. The number of anilines is 2. The molecule has 4 aromatic carbocycles. The lowest BCUT2D eigenvalue weighted by Crippen LogP contribution is -2.10. The van der Waals surface area contributed by atoms with Crippen molar-refractivity contribution in [2.75, 3.05) is 11.5 Å². The molecule has 0 saturated carbocycles. The van der Waals surface area contributed by atoms with Gasteiger partial charge in [0.05, 0.1) is 11.6 Å². The van der Waals surface area contributed by atoms with Crippen LogP contribution in [0.5, 0.6) is 0 Å². The fourth-order valence-corrected chi connectivity index (χ4v) is 4.04. The molecule has 6 aromatic rings. The second-order valence-electron chi connectivity index (χ2n) is 8.10. The average Bonchev–Trinajstić information content (AvgIpc) is 3.55. The lowest BCUT2D eigenvalue weighted by Gasteiger charge is -2.05. The number of aromatic nitrogens is 2. The van der Waals surface area contributed by atoms with Crippen LogP contribution in [0.3, 0.4) is 0 Å². The Morgan fingerprint density at radius 1 is 0.757 bits per heavy atom. The van der Waals surface area contributed by atoms with Crippen molar-refractivity contribution in [1.29, 1.82) is 5.26 Å². The number of hydrogen-bond donors (Lipinski definition) is 3. The number of carbonyl (C=O) groups excluding carboxylic acids is 1. The SMILES string of the molecule is N#Cc1ccc2cccc(-c3coc(N)n3)c2c1.NC(=O)c1ccc2cccc(-c3coc(N)n3)c2c1. The van der Waals surface area contributed by atoms with Crippen LogP contribution < -0.4 is 17.2 Å². The van der Waals surface area contributed by atoms with Crippen LogP contribution in [-0.4, -0.2) is 15.9 Å². The van der Waals surface area contributed by atoms with Crippen molar-refractivity contribution < 1.29 is 13.6 Å². The van der Waals surface area contributed by atoms with E-state index in [1.807, 2.05) is 54.6 Å². The highest BCUT2D eigenvalue weighted by molar-refractivity contribution is 6.02. The molecule has 0 atom stereocenters. The summed E-state index contributed by atoms with van der Waals surface area (Å²) in [5, 5.41) is 12.8. The summed E-state index contributed by atoms with van der Waals surface area (Å²) in [6, 6.07) is 24.8. The molecule has 0 aliphatic carbocycles. The first kappa shape index (κ1) is 23.1. The third-order valence-electron chi connectivity index (χ3n) is 5.77. The largest absolute Gasteiger partial charge is 0.432 e. The van der Waals surface area contributed by atoms with E-state index in [1.165, 1.54) is 12.5 Å². The van der Waals surface area contributed by atoms with Crippen LogP contribution in [0.1, 0.15) is 15.9 Å². The lowest BCUT2D eigenvalue weighted by atomic mass is 10.00. The van der Waals surface area contributed by atoms with Crippen LogP contribution in [0, 0.1) is 11.3 Å². The van der Waals surface area contributed by atoms with E-state index in [1.54, 1.807) is 18.2 Å². The molecule has 0 unspecified atom stereocenters. The van der Waals surface area contributed by atoms with Gasteiger partial charge in [-0.3, -0.25) is 4.79 Å². The Bertz CT molecular complexity index is 1810. The summed E-state index contributed by atoms with van der Waals surface area (Å²) < 4.78 is 10.0. The number of hydrogen-bond acceptors (Lipinski definition) is 8. The summed E-state index contributed by atoms with van der Waals surface area (Å²) in [4.78, 5) is 19.5. The first-order valence-corrected chi connectivity index (χ1v) is 11.1. The highest BCUT2D eigenvalue weighted by Gasteiger charge is 2.11. The molecule has 2 heterocycles. The summed E-state index contributed by atoms with van der Waals surface area (Å²) in [5.41, 5.74) is 20.4. The van der Waals surface area contributed by atoms with E-state index in [2.05, 4.69) is 16.0 Å². The first-order valence-electron chi connectivity index (χ1n) is 11.1. The van der Waals surface area contributed by atoms with Gasteiger partial charge in [-0.1, -0.05) is 48.5 Å². The summed E-state index contributed by atoms with van der Waals surface area (Å²) in [6.45, 7) is 0. The molecule has 0 radical (unpaired) electrons. The van der Waals surface area contributed by atoms with Gasteiger partial charge >= 0.3 is 0 Å². The number of nitriles is 1. The number of carbonyl (C=O) groups is 1. The molecule has 9 heteroatoms. The van der Waals surface area contributed by atoms with Crippen LogP contribution in [0.2, 0.25) is 0 Å². The fraction of sp³-hybridized carbons (Fsp3) is 0. The van der Waals surface area contributed by atoms with Crippen molar-refractivity contribution in [2.24, 2.45) is 5.73 Å². The van der Waals surface area contributed by atoms with E-state index in [4.69, 9.17) is 31.3 Å². The third kappa shape index (κ3) is 4.67. The van der Waals surface area contributed by atoms with E-state index in [9.17, 15) is 4.79 Å². The van der Waals surface area contributed by atoms with E-state index in [-0.39, 0.29) is 12.0 Å². The Hall–Kier alpha value is -5.62. The molecule has 2 aromatic heterocycles. The van der Waals surface area contributed by atoms with Gasteiger partial charge in [-0.2, -0.15) is 15.2 Å². The molecule has 0 bridgehead atoms. The first-order chi connectivity index (χ1) is 17.9. The number of fused-ring (bicyclic) bond motifs is 2. The van der Waals surface area contributed by atoms with Crippen molar-refractivity contribution >= 4 is 39.5 Å². The average molecular weight is 489 g/mol. The number of oxazole rings is 2. The smallest absolute Gasteiger partial charge is 0.292 e. The second-order valence-corrected chi connectivity index (χ2v) is 8.10. The molecule has 1 amide bonds. The highest BCUT2D eigenvalue weighted by Crippen LogP contribution is 2.30. The zero-order chi connectivity index (χ0) is 25.9. The minimum atomic E-state index is -0.462. The predicted molar refractivity (Wildman–Crippen MR) is 141 cm³/mol. The van der Waals surface area contributed by atoms with Crippen molar-refractivity contribution in [1.82, 2.24) is 9.97 Å². The van der Waals surface area contributed by atoms with Gasteiger partial charge in [-0.25, -0.2) is 0 Å². The van der Waals surface area contributed by atoms with E-state index < -0.39 is 5.91 Å². The van der Waals surface area contributed by atoms with E-state index in [0.717, 1.165) is 32.7 Å². The zero-order valence-electron chi connectivity index (χ0n) is 19.4. The van der Waals surface area contributed by atoms with Gasteiger partial charge in [0.2, 0.25) is 5.91 Å². The molecule has 0 fully saturated rings. The summed E-state index contributed by atoms with van der Waals surface area (Å²) in [7, 11) is 0. The molecular weight excluding hydrogens is 468 g/mol. The molecule has 6 rings (SSSR count). The van der Waals surface area contributed by atoms with Crippen LogP contribution in [-0.2, 0) is 0 Å². The standard InChI is InChI=1S/C14H11N3O2.C14H9N3O/c15-13(18)9-5-4-8-2-1-3-10(11(8)6-9)12-7-19-14(16)17-12;15-7-9-4-5-10-2-1-3-11(12(10)6-9)13-8-18-14(16)17-13/h1-7H,(H2,15,18)(H2,16,17);1-6,8H,(H2,16,17). The summed E-state index contributed by atoms with van der Waals surface area (Å²) in [5.74, 6) is -0.462. The Balaban J connectivity index is 0.000000152. The zero-order valence-corrected chi connectivity index (χ0v) is 19.4. The quantitative estimate of drug-likeness (QED) is 0.308. The molecule has 0 spiro atoms. The maximum atomic E-state index is 11.3. The van der Waals surface area contributed by atoms with Gasteiger partial charge in [0.15, 0.2) is 0 Å². The van der Waals surface area contributed by atoms with Crippen molar-refractivity contribution in [3.8, 4) is 28.6 Å². The molecule has 0 aliphatic heterocycles. The number of amides is 1. The molecule has 0 aliphatic rings. The Morgan fingerprint density at radius 3 is 1.78 bits per heavy atom. The number of nitrogens with zero attached hydrogens (tertiary/aromatic N) is 3. The van der Waals surface area contributed by atoms with Crippen LogP contribution in [0.25, 0.3) is 44.1 Å². The monoisotopic (exact) mass is 488 g/mol. The molecular formula is C28H20N6O3. The van der Waals surface area contributed by atoms with Crippen molar-refractivity contribution in [3.05, 3.63) is 96.4 Å². The van der Waals surface area contributed by atoms with Crippen LogP contribution >= 0.6 is 0 Å². The Kier molecular flexibility index (Phi) is 5.98. The number of rotatable bonds is 3. The van der Waals surface area contributed by atoms with Gasteiger partial charge in [0.25, 0.3) is 12.0 Å². The van der Waals surface area contributed by atoms with Gasteiger partial charge in [0, 0.05) is 16.7 Å². The van der Waals surface area contributed by atoms with Crippen molar-refractivity contribution in [2.45, 2.75) is 0 Å². The molecule has 9 nitrogen and oxygen atoms in total. The molecule has 0 saturated heterocycles. The van der Waals surface area contributed by atoms with Gasteiger partial charge < -0.3 is 26.0 Å². The number of benzene rings is 4.